The van der Waals surface area contributed by atoms with E-state index in [-0.39, 0.29) is 143 Å². The molecular weight excluding hydrogens is 1280 g/mol. The van der Waals surface area contributed by atoms with E-state index in [9.17, 15) is 27.8 Å². The third kappa shape index (κ3) is 27.7. The van der Waals surface area contributed by atoms with Crippen molar-refractivity contribution >= 4 is 57.1 Å². The predicted molar refractivity (Wildman–Crippen MR) is 325 cm³/mol. The first-order valence-electron chi connectivity index (χ1n) is 29.9. The van der Waals surface area contributed by atoms with Gasteiger partial charge in [0.15, 0.2) is 5.71 Å². The van der Waals surface area contributed by atoms with E-state index in [4.69, 9.17) is 4.74 Å². The van der Waals surface area contributed by atoms with Gasteiger partial charge in [-0.1, -0.05) is 44.9 Å². The van der Waals surface area contributed by atoms with Crippen molar-refractivity contribution in [3.8, 4) is 0 Å². The number of hydrogen-bond donors (Lipinski definition) is 2. The fraction of sp³-hybridized carbons (Fsp3) is 0.645. The number of anilines is 1. The van der Waals surface area contributed by atoms with Crippen LogP contribution in [0.15, 0.2) is 92.3 Å². The van der Waals surface area contributed by atoms with Gasteiger partial charge in [-0.25, -0.2) is 18.4 Å². The summed E-state index contributed by atoms with van der Waals surface area (Å²) in [7, 11) is 6.21. The molecule has 18 nitrogen and oxygen atoms in total. The van der Waals surface area contributed by atoms with Crippen LogP contribution in [-0.2, 0) is 44.6 Å². The number of carbonyl (C=O) groups excluding carboxylic acids is 2. The predicted octanol–water partition coefficient (Wildman–Crippen LogP) is -0.624. The summed E-state index contributed by atoms with van der Waals surface area (Å²) in [5.41, 5.74) is 4.83. The average Bonchev–Trinajstić information content (AvgIpc) is 3.32. The van der Waals surface area contributed by atoms with Crippen LogP contribution in [0.25, 0.3) is 0 Å². The maximum absolute atomic E-state index is 12.9. The van der Waals surface area contributed by atoms with Crippen LogP contribution >= 0.6 is 12.0 Å². The monoisotopic (exact) mass is 1380 g/mol. The third-order valence-electron chi connectivity index (χ3n) is 16.3. The van der Waals surface area contributed by atoms with Crippen molar-refractivity contribution in [2.45, 2.75) is 145 Å². The molecule has 3 heterocycles. The Balaban J connectivity index is 0.00000822. The van der Waals surface area contributed by atoms with Gasteiger partial charge in [0.2, 0.25) is 17.5 Å². The maximum atomic E-state index is 12.9. The van der Waals surface area contributed by atoms with Gasteiger partial charge in [0.05, 0.1) is 88.9 Å². The number of allylic oxidation sites excluding steroid dienone is 6. The number of morpholine rings is 1. The van der Waals surface area contributed by atoms with Gasteiger partial charge in [-0.3, -0.25) is 14.6 Å². The molecule has 0 unspecified atom stereocenters. The van der Waals surface area contributed by atoms with Crippen LogP contribution in [0.2, 0.25) is 0 Å². The van der Waals surface area contributed by atoms with Crippen LogP contribution in [-0.4, -0.2) is 182 Å². The number of nitrogens with one attached hydrogen (secondary N) is 2. The minimum Gasteiger partial charge on any atom is -1.00 e. The summed E-state index contributed by atoms with van der Waals surface area (Å²) in [6, 6.07) is 13.5. The topological polar surface area (TPSA) is 200 Å². The normalized spacial score (nSPS) is 16.4. The molecule has 0 bridgehead atoms. The Bertz CT molecular complexity index is 2690. The van der Waals surface area contributed by atoms with Crippen LogP contribution in [0.4, 0.5) is 11.4 Å². The first-order valence-corrected chi connectivity index (χ1v) is 32.1. The molecule has 0 radical (unpaired) electrons. The van der Waals surface area contributed by atoms with E-state index in [2.05, 4.69) is 97.5 Å². The molecule has 0 spiro atoms. The molecular formula is C62H98IK2N9O9S2+2. The third-order valence-corrected chi connectivity index (χ3v) is 17.7. The molecule has 2 aromatic rings. The molecule has 1 fully saturated rings. The summed E-state index contributed by atoms with van der Waals surface area (Å²) in [4.78, 5) is 39.0. The van der Waals surface area contributed by atoms with Gasteiger partial charge in [0.1, 0.15) is 29.8 Å². The zero-order chi connectivity index (χ0) is 59.7. The number of ether oxygens (including phenoxy) is 1. The molecule has 3 aliphatic rings. The van der Waals surface area contributed by atoms with E-state index in [1.165, 1.54) is 18.6 Å². The number of hydrogen-bond acceptors (Lipinski definition) is 14. The van der Waals surface area contributed by atoms with E-state index in [1.54, 1.807) is 6.07 Å². The standard InChI is InChI=1S/C62H97N9O9S2.HI.2K/c1-61(2)53-48-51(81-80-79-74)30-32-55(53)68(39-20-13-17-28-59(72)65-36-23-38-67(5)6)57(61)26-15-12-16-27-58-62(3,4)54-49-52(82(75,76)77)31-33-56(54)69(58)40-21-14-18-29-60(73)66-37-25-42-70(7,8)41-22-11-10-19-34-63-50-64-35-24-43-71(9)44-46-78-47-45-71;;;/h12,15-16,26-27,30-33,48-49H,10-11,13-14,17-25,28-29,34-47H2,1-9H3,(H-3,65,66,72,73,74,75,76,77);1H;;/q;;2*+1. The first-order chi connectivity index (χ1) is 39.1. The molecule has 3 aliphatic heterocycles. The fourth-order valence-corrected chi connectivity index (χ4v) is 12.2. The number of benzene rings is 2. The van der Waals surface area contributed by atoms with Gasteiger partial charge in [0, 0.05) is 97.7 Å². The second-order valence-corrected chi connectivity index (χ2v) is 26.7. The van der Waals surface area contributed by atoms with Crippen LogP contribution in [0.1, 0.15) is 135 Å². The van der Waals surface area contributed by atoms with Crippen molar-refractivity contribution in [3.63, 3.8) is 0 Å². The number of likely N-dealkylation sites (N-methyl/N-ethyl adjacent to an activating group) is 1. The number of quaternary nitrogens is 2. The van der Waals surface area contributed by atoms with E-state index >= 15 is 0 Å². The largest absolute Gasteiger partial charge is 1.00 e. The number of amides is 2. The van der Waals surface area contributed by atoms with E-state index in [1.807, 2.05) is 64.4 Å². The smallest absolute Gasteiger partial charge is 1.00 e. The number of halogens is 1. The van der Waals surface area contributed by atoms with Gasteiger partial charge in [-0.2, -0.15) is 8.91 Å². The van der Waals surface area contributed by atoms with E-state index in [0.717, 1.165) is 209 Å². The molecule has 2 N–H and O–H groups in total. The van der Waals surface area contributed by atoms with Crippen LogP contribution in [0.5, 0.6) is 0 Å². The summed E-state index contributed by atoms with van der Waals surface area (Å²) in [6.45, 7) is 20.8. The Morgan fingerprint density at radius 1 is 0.824 bits per heavy atom. The fourth-order valence-electron chi connectivity index (χ4n) is 11.3. The van der Waals surface area contributed by atoms with Gasteiger partial charge in [-0.05, 0) is 128 Å². The molecule has 464 valence electrons. The average molecular weight is 1380 g/mol. The van der Waals surface area contributed by atoms with E-state index < -0.39 is 20.9 Å². The Hall–Kier alpha value is -0.567. The SMILES string of the molecule is CN(C)CCCNC(=O)CCCCC[N+]1=C(/C=C/C=C/C=C2\N(CCCCCC(=O)NCCC[N+](C)(C)CCCCCCN=C=NCCC[N+]3(C)CCOCC3)c3ccc(S(=O)(=O)[O-])cc3C2(C)C)C(C)(C)c2cc(SOO[O-])ccc21.[I-].[K+].[K+]. The molecule has 0 atom stereocenters. The second kappa shape index (κ2) is 41.1. The Morgan fingerprint density at radius 2 is 1.46 bits per heavy atom. The van der Waals surface area contributed by atoms with E-state index in [0.29, 0.717) is 32.5 Å². The van der Waals surface area contributed by atoms with Gasteiger partial charge < -0.3 is 67.9 Å². The van der Waals surface area contributed by atoms with Crippen LogP contribution in [0.3, 0.4) is 0 Å². The number of fused-ring (bicyclic) bond motifs is 2. The van der Waals surface area contributed by atoms with Crippen LogP contribution in [0, 0.1) is 0 Å². The van der Waals surface area contributed by atoms with Gasteiger partial charge in [-0.15, -0.1) is 0 Å². The van der Waals surface area contributed by atoms with Crippen LogP contribution < -0.4 is 148 Å². The first kappa shape index (κ1) is 80.5. The number of rotatable bonds is 38. The van der Waals surface area contributed by atoms with Crippen molar-refractivity contribution in [3.05, 3.63) is 83.6 Å². The van der Waals surface area contributed by atoms with Crippen molar-refractivity contribution in [2.24, 2.45) is 9.98 Å². The number of carbonyl (C=O) groups is 2. The molecule has 85 heavy (non-hydrogen) atoms. The molecule has 2 aromatic carbocycles. The minimum atomic E-state index is -4.67. The van der Waals surface area contributed by atoms with Crippen molar-refractivity contribution in [1.29, 1.82) is 0 Å². The van der Waals surface area contributed by atoms with Crippen molar-refractivity contribution in [2.75, 3.05) is 132 Å². The second-order valence-electron chi connectivity index (χ2n) is 24.5. The van der Waals surface area contributed by atoms with Gasteiger partial charge >= 0.3 is 103 Å². The molecule has 1 saturated heterocycles. The molecule has 0 aliphatic carbocycles. The Kier molecular flexibility index (Phi) is 38.9. The van der Waals surface area contributed by atoms with Crippen molar-refractivity contribution in [1.82, 2.24) is 15.5 Å². The number of unbranched alkanes of at least 4 members (excludes halogenated alkanes) is 7. The molecule has 0 saturated carbocycles. The quantitative estimate of drug-likeness (QED) is 0.00740. The number of aliphatic imine (C=N–C) groups is 2. The molecule has 23 heteroatoms. The summed E-state index contributed by atoms with van der Waals surface area (Å²) in [5, 5.41) is 20.5. The summed E-state index contributed by atoms with van der Waals surface area (Å²) in [5.74, 6) is 0.153. The minimum absolute atomic E-state index is 0. The summed E-state index contributed by atoms with van der Waals surface area (Å²) < 4.78 is 51.1. The Morgan fingerprint density at radius 3 is 2.13 bits per heavy atom. The Labute approximate surface area is 616 Å². The zero-order valence-electron chi connectivity index (χ0n) is 53.4. The molecule has 2 amide bonds. The molecule has 0 aromatic heterocycles. The van der Waals surface area contributed by atoms with Crippen molar-refractivity contribution < 1.29 is 182 Å². The molecule has 5 rings (SSSR count). The summed E-state index contributed by atoms with van der Waals surface area (Å²) >= 11 is 0.867. The maximum Gasteiger partial charge on any atom is 1.00 e. The zero-order valence-corrected chi connectivity index (χ0v) is 63.4. The summed E-state index contributed by atoms with van der Waals surface area (Å²) in [6.07, 6.45) is 23.5. The number of nitrogens with zero attached hydrogens (tertiary/aromatic N) is 7. The van der Waals surface area contributed by atoms with Gasteiger partial charge in [0.25, 0.3) is 0 Å².